The predicted octanol–water partition coefficient (Wildman–Crippen LogP) is 5.22. The molecule has 0 bridgehead atoms. The normalized spacial score (nSPS) is 33.8. The van der Waals surface area contributed by atoms with Gasteiger partial charge in [0.05, 0.1) is 0 Å². The van der Waals surface area contributed by atoms with E-state index in [1.807, 2.05) is 0 Å². The lowest BCUT2D eigenvalue weighted by molar-refractivity contribution is -0.147. The second kappa shape index (κ2) is 9.57. The van der Waals surface area contributed by atoms with Gasteiger partial charge in [-0.05, 0) is 82.5 Å². The highest BCUT2D eigenvalue weighted by molar-refractivity contribution is 5.87. The van der Waals surface area contributed by atoms with Gasteiger partial charge < -0.3 is 9.47 Å². The van der Waals surface area contributed by atoms with Crippen molar-refractivity contribution in [1.29, 1.82) is 0 Å². The van der Waals surface area contributed by atoms with E-state index in [-0.39, 0.29) is 24.1 Å². The molecule has 0 spiro atoms. The minimum Gasteiger partial charge on any atom is -0.459 e. The summed E-state index contributed by atoms with van der Waals surface area (Å²) in [7, 11) is 0. The number of ether oxygens (including phenoxy) is 2. The fraction of sp³-hybridized carbons (Fsp3) is 0.739. The van der Waals surface area contributed by atoms with Gasteiger partial charge in [0.2, 0.25) is 0 Å². The second-order valence-electron chi connectivity index (χ2n) is 8.95. The molecule has 2 aliphatic carbocycles. The highest BCUT2D eigenvalue weighted by atomic mass is 16.5. The van der Waals surface area contributed by atoms with Crippen molar-refractivity contribution in [3.63, 3.8) is 0 Å². The Bertz CT molecular complexity index is 529. The van der Waals surface area contributed by atoms with Crippen LogP contribution in [-0.4, -0.2) is 24.1 Å². The SMILES string of the molecule is C=C(C)C(=O)OC1CCC(CC2CCC(OC(=O)C(=C)C)CC2C)C(C)C1. The molecule has 0 aliphatic heterocycles. The Morgan fingerprint density at radius 2 is 1.15 bits per heavy atom. The van der Waals surface area contributed by atoms with Crippen molar-refractivity contribution in [2.75, 3.05) is 0 Å². The zero-order chi connectivity index (χ0) is 20.1. The first-order valence-electron chi connectivity index (χ1n) is 10.4. The maximum Gasteiger partial charge on any atom is 0.333 e. The Hall–Kier alpha value is -1.58. The van der Waals surface area contributed by atoms with Crippen LogP contribution in [0, 0.1) is 23.7 Å². The molecule has 6 unspecified atom stereocenters. The molecule has 0 aromatic heterocycles. The van der Waals surface area contributed by atoms with Crippen LogP contribution in [0.1, 0.15) is 72.6 Å². The van der Waals surface area contributed by atoms with E-state index in [4.69, 9.17) is 9.47 Å². The summed E-state index contributed by atoms with van der Waals surface area (Å²) in [5.41, 5.74) is 0.949. The first-order chi connectivity index (χ1) is 12.7. The van der Waals surface area contributed by atoms with E-state index in [1.165, 1.54) is 6.42 Å². The maximum absolute atomic E-state index is 11.7. The highest BCUT2D eigenvalue weighted by Crippen LogP contribution is 2.41. The van der Waals surface area contributed by atoms with Crippen LogP contribution in [-0.2, 0) is 19.1 Å². The number of carbonyl (C=O) groups is 2. The fourth-order valence-corrected chi connectivity index (χ4v) is 4.63. The van der Waals surface area contributed by atoms with Crippen molar-refractivity contribution < 1.29 is 19.1 Å². The van der Waals surface area contributed by atoms with E-state index < -0.39 is 0 Å². The molecule has 0 amide bonds. The Morgan fingerprint density at radius 1 is 0.778 bits per heavy atom. The van der Waals surface area contributed by atoms with Gasteiger partial charge in [0.1, 0.15) is 12.2 Å². The van der Waals surface area contributed by atoms with Crippen molar-refractivity contribution in [2.45, 2.75) is 84.8 Å². The molecule has 0 heterocycles. The summed E-state index contributed by atoms with van der Waals surface area (Å²) in [5.74, 6) is 1.97. The van der Waals surface area contributed by atoms with Gasteiger partial charge in [-0.1, -0.05) is 27.0 Å². The van der Waals surface area contributed by atoms with Gasteiger partial charge in [-0.15, -0.1) is 0 Å². The van der Waals surface area contributed by atoms with Gasteiger partial charge in [0.15, 0.2) is 0 Å². The molecule has 2 rings (SSSR count). The molecule has 0 aromatic rings. The average Bonchev–Trinajstić information content (AvgIpc) is 2.59. The standard InChI is InChI=1S/C23H36O4/c1-14(2)22(24)26-20-9-7-18(16(5)11-20)13-19-8-10-21(12-17(19)6)27-23(25)15(3)4/h16-21H,1,3,7-13H2,2,4-6H3. The summed E-state index contributed by atoms with van der Waals surface area (Å²) in [5, 5.41) is 0. The third-order valence-electron chi connectivity index (χ3n) is 6.45. The Morgan fingerprint density at radius 3 is 1.44 bits per heavy atom. The molecule has 0 radical (unpaired) electrons. The van der Waals surface area contributed by atoms with Crippen LogP contribution in [0.3, 0.4) is 0 Å². The van der Waals surface area contributed by atoms with E-state index in [2.05, 4.69) is 27.0 Å². The maximum atomic E-state index is 11.7. The van der Waals surface area contributed by atoms with E-state index >= 15 is 0 Å². The van der Waals surface area contributed by atoms with Gasteiger partial charge in [0, 0.05) is 11.1 Å². The van der Waals surface area contributed by atoms with Gasteiger partial charge in [-0.3, -0.25) is 0 Å². The van der Waals surface area contributed by atoms with E-state index in [1.54, 1.807) is 13.8 Å². The minimum atomic E-state index is -0.262. The van der Waals surface area contributed by atoms with Crippen LogP contribution >= 0.6 is 0 Å². The smallest absolute Gasteiger partial charge is 0.333 e. The Balaban J connectivity index is 1.79. The number of carbonyl (C=O) groups excluding carboxylic acids is 2. The first kappa shape index (κ1) is 21.7. The zero-order valence-electron chi connectivity index (χ0n) is 17.5. The van der Waals surface area contributed by atoms with Crippen LogP contribution in [0.15, 0.2) is 24.3 Å². The third kappa shape index (κ3) is 6.22. The van der Waals surface area contributed by atoms with Crippen LogP contribution < -0.4 is 0 Å². The number of rotatable bonds is 6. The lowest BCUT2D eigenvalue weighted by Gasteiger charge is -2.40. The molecule has 0 saturated heterocycles. The quantitative estimate of drug-likeness (QED) is 0.471. The largest absolute Gasteiger partial charge is 0.459 e. The first-order valence-corrected chi connectivity index (χ1v) is 10.4. The van der Waals surface area contributed by atoms with Crippen molar-refractivity contribution >= 4 is 11.9 Å². The van der Waals surface area contributed by atoms with Gasteiger partial charge in [0.25, 0.3) is 0 Å². The monoisotopic (exact) mass is 376 g/mol. The van der Waals surface area contributed by atoms with Gasteiger partial charge in [-0.25, -0.2) is 9.59 Å². The molecule has 152 valence electrons. The predicted molar refractivity (Wildman–Crippen MR) is 107 cm³/mol. The summed E-state index contributed by atoms with van der Waals surface area (Å²) >= 11 is 0. The molecule has 0 N–H and O–H groups in total. The number of hydrogen-bond donors (Lipinski definition) is 0. The van der Waals surface area contributed by atoms with Gasteiger partial charge >= 0.3 is 11.9 Å². The van der Waals surface area contributed by atoms with Crippen molar-refractivity contribution in [3.8, 4) is 0 Å². The minimum absolute atomic E-state index is 0.0372. The summed E-state index contributed by atoms with van der Waals surface area (Å²) in [4.78, 5) is 23.5. The summed E-state index contributed by atoms with van der Waals surface area (Å²) in [6.07, 6.45) is 7.34. The topological polar surface area (TPSA) is 52.6 Å². The summed E-state index contributed by atoms with van der Waals surface area (Å²) < 4.78 is 11.1. The molecule has 2 saturated carbocycles. The molecule has 27 heavy (non-hydrogen) atoms. The van der Waals surface area contributed by atoms with Crippen molar-refractivity contribution in [1.82, 2.24) is 0 Å². The van der Waals surface area contributed by atoms with Gasteiger partial charge in [-0.2, -0.15) is 0 Å². The molecular formula is C23H36O4. The third-order valence-corrected chi connectivity index (χ3v) is 6.45. The molecule has 6 atom stereocenters. The number of esters is 2. The molecule has 4 nitrogen and oxygen atoms in total. The van der Waals surface area contributed by atoms with Crippen LogP contribution in [0.4, 0.5) is 0 Å². The van der Waals surface area contributed by atoms with E-state index in [0.29, 0.717) is 34.8 Å². The average molecular weight is 377 g/mol. The fourth-order valence-electron chi connectivity index (χ4n) is 4.63. The van der Waals surface area contributed by atoms with Crippen LogP contribution in [0.5, 0.6) is 0 Å². The summed E-state index contributed by atoms with van der Waals surface area (Å²) in [6.45, 7) is 15.3. The highest BCUT2D eigenvalue weighted by Gasteiger charge is 2.35. The Labute approximate surface area is 164 Å². The van der Waals surface area contributed by atoms with Crippen LogP contribution in [0.25, 0.3) is 0 Å². The van der Waals surface area contributed by atoms with E-state index in [9.17, 15) is 9.59 Å². The molecule has 2 aliphatic rings. The molecule has 4 heteroatoms. The lowest BCUT2D eigenvalue weighted by atomic mass is 9.69. The lowest BCUT2D eigenvalue weighted by Crippen LogP contribution is -2.34. The van der Waals surface area contributed by atoms with Crippen LogP contribution in [0.2, 0.25) is 0 Å². The van der Waals surface area contributed by atoms with Crippen molar-refractivity contribution in [3.05, 3.63) is 24.3 Å². The second-order valence-corrected chi connectivity index (χ2v) is 8.95. The number of hydrogen-bond acceptors (Lipinski definition) is 4. The van der Waals surface area contributed by atoms with E-state index in [0.717, 1.165) is 38.5 Å². The van der Waals surface area contributed by atoms with Crippen molar-refractivity contribution in [2.24, 2.45) is 23.7 Å². The molecular weight excluding hydrogens is 340 g/mol. The summed E-state index contributed by atoms with van der Waals surface area (Å²) in [6, 6.07) is 0. The zero-order valence-corrected chi connectivity index (χ0v) is 17.5. The molecule has 0 aromatic carbocycles. The molecule has 2 fully saturated rings. The Kier molecular flexibility index (Phi) is 7.69.